The number of pyridine rings is 1. The van der Waals surface area contributed by atoms with Crippen molar-refractivity contribution in [2.45, 2.75) is 33.1 Å². The number of aromatic nitrogens is 2. The van der Waals surface area contributed by atoms with Crippen LogP contribution < -0.4 is 4.90 Å². The van der Waals surface area contributed by atoms with Gasteiger partial charge in [0.2, 0.25) is 0 Å². The summed E-state index contributed by atoms with van der Waals surface area (Å²) in [7, 11) is 2.13. The highest BCUT2D eigenvalue weighted by atomic mass is 32.1. The van der Waals surface area contributed by atoms with Gasteiger partial charge in [-0.15, -0.1) is 11.3 Å². The molecule has 1 fully saturated rings. The van der Waals surface area contributed by atoms with E-state index in [2.05, 4.69) is 46.7 Å². The zero-order valence-electron chi connectivity index (χ0n) is 18.9. The topological polar surface area (TPSA) is 57.9 Å². The Balaban J connectivity index is 1.48. The molecule has 6 nitrogen and oxygen atoms in total. The second kappa shape index (κ2) is 9.68. The highest BCUT2D eigenvalue weighted by molar-refractivity contribution is 7.10. The third kappa shape index (κ3) is 4.62. The second-order valence-electron chi connectivity index (χ2n) is 8.14. The van der Waals surface area contributed by atoms with Crippen LogP contribution in [0.4, 0.5) is 5.69 Å². The minimum atomic E-state index is -0.235. The molecular formula is C25H28N4O2S. The van der Waals surface area contributed by atoms with Gasteiger partial charge in [-0.3, -0.25) is 14.0 Å². The van der Waals surface area contributed by atoms with Crippen molar-refractivity contribution in [1.29, 1.82) is 0 Å². The number of hydrogen-bond acceptors (Lipinski definition) is 6. The van der Waals surface area contributed by atoms with Gasteiger partial charge in [-0.25, -0.2) is 4.98 Å². The van der Waals surface area contributed by atoms with Crippen molar-refractivity contribution >= 4 is 34.2 Å². The first-order valence-corrected chi connectivity index (χ1v) is 11.9. The van der Waals surface area contributed by atoms with Gasteiger partial charge in [0.1, 0.15) is 11.3 Å². The number of likely N-dealkylation sites (N-methyl/N-ethyl adjacent to an activating group) is 1. The highest BCUT2D eigenvalue weighted by Gasteiger charge is 2.17. The maximum atomic E-state index is 12.8. The molecule has 4 heterocycles. The summed E-state index contributed by atoms with van der Waals surface area (Å²) >= 11 is 1.63. The summed E-state index contributed by atoms with van der Waals surface area (Å²) in [6.07, 6.45) is 5.71. The van der Waals surface area contributed by atoms with E-state index < -0.39 is 0 Å². The first-order chi connectivity index (χ1) is 15.5. The van der Waals surface area contributed by atoms with Gasteiger partial charge in [0.15, 0.2) is 5.78 Å². The number of carbonyl (C=O) groups is 2. The molecule has 0 aliphatic carbocycles. The zero-order chi connectivity index (χ0) is 22.7. The van der Waals surface area contributed by atoms with Crippen molar-refractivity contribution in [3.63, 3.8) is 0 Å². The Labute approximate surface area is 192 Å². The van der Waals surface area contributed by atoms with Gasteiger partial charge < -0.3 is 9.80 Å². The van der Waals surface area contributed by atoms with Crippen LogP contribution in [0, 0.1) is 11.8 Å². The number of nitrogens with zero attached hydrogens (tertiary/aromatic N) is 4. The summed E-state index contributed by atoms with van der Waals surface area (Å²) < 4.78 is 1.84. The molecule has 0 bridgehead atoms. The lowest BCUT2D eigenvalue weighted by Gasteiger charge is -2.34. The quantitative estimate of drug-likeness (QED) is 0.327. The predicted molar refractivity (Wildman–Crippen MR) is 129 cm³/mol. The Morgan fingerprint density at radius 3 is 2.69 bits per heavy atom. The molecular weight excluding hydrogens is 420 g/mol. The third-order valence-corrected chi connectivity index (χ3v) is 7.15. The fourth-order valence-corrected chi connectivity index (χ4v) is 5.16. The molecule has 0 radical (unpaired) electrons. The van der Waals surface area contributed by atoms with Crippen molar-refractivity contribution in [2.24, 2.45) is 0 Å². The summed E-state index contributed by atoms with van der Waals surface area (Å²) in [4.78, 5) is 34.9. The second-order valence-corrected chi connectivity index (χ2v) is 9.11. The largest absolute Gasteiger partial charge is 0.368 e. The molecule has 1 aliphatic heterocycles. The number of piperazine rings is 1. The molecule has 7 heteroatoms. The van der Waals surface area contributed by atoms with Crippen LogP contribution in [0.2, 0.25) is 0 Å². The van der Waals surface area contributed by atoms with Crippen molar-refractivity contribution in [3.05, 3.63) is 51.6 Å². The van der Waals surface area contributed by atoms with Crippen molar-refractivity contribution in [3.8, 4) is 11.8 Å². The molecule has 0 atom stereocenters. The molecule has 0 unspecified atom stereocenters. The van der Waals surface area contributed by atoms with E-state index in [1.807, 2.05) is 22.0 Å². The van der Waals surface area contributed by atoms with Crippen LogP contribution in [-0.4, -0.2) is 59.1 Å². The van der Waals surface area contributed by atoms with Gasteiger partial charge in [0.25, 0.3) is 5.78 Å². The van der Waals surface area contributed by atoms with Crippen LogP contribution in [0.1, 0.15) is 51.6 Å². The first-order valence-electron chi connectivity index (χ1n) is 11.0. The van der Waals surface area contributed by atoms with E-state index in [0.29, 0.717) is 18.5 Å². The molecule has 3 aromatic rings. The summed E-state index contributed by atoms with van der Waals surface area (Å²) in [5, 5.41) is 1.94. The van der Waals surface area contributed by atoms with Gasteiger partial charge >= 0.3 is 0 Å². The maximum Gasteiger partial charge on any atom is 0.254 e. The number of thiophene rings is 1. The minimum Gasteiger partial charge on any atom is -0.368 e. The summed E-state index contributed by atoms with van der Waals surface area (Å²) in [5.41, 5.74) is 4.19. The molecule has 0 amide bonds. The lowest BCUT2D eigenvalue weighted by Crippen LogP contribution is -2.44. The Morgan fingerprint density at radius 1 is 1.19 bits per heavy atom. The number of ketones is 2. The molecule has 0 aromatic carbocycles. The van der Waals surface area contributed by atoms with Crippen LogP contribution >= 0.6 is 11.3 Å². The molecule has 0 N–H and O–H groups in total. The number of carbonyl (C=O) groups excluding carboxylic acids is 2. The third-order valence-electron chi connectivity index (χ3n) is 5.97. The zero-order valence-corrected chi connectivity index (χ0v) is 19.7. The van der Waals surface area contributed by atoms with E-state index in [-0.39, 0.29) is 11.6 Å². The Morgan fingerprint density at radius 2 is 1.97 bits per heavy atom. The van der Waals surface area contributed by atoms with Crippen LogP contribution in [0.5, 0.6) is 0 Å². The van der Waals surface area contributed by atoms with Crippen LogP contribution in [0.25, 0.3) is 5.65 Å². The van der Waals surface area contributed by atoms with Crippen LogP contribution in [0.3, 0.4) is 0 Å². The van der Waals surface area contributed by atoms with E-state index in [1.165, 1.54) is 4.88 Å². The Bertz CT molecular complexity index is 1210. The number of imidazole rings is 1. The predicted octanol–water partition coefficient (Wildman–Crippen LogP) is 3.73. The lowest BCUT2D eigenvalue weighted by molar-refractivity contribution is 0.101. The highest BCUT2D eigenvalue weighted by Crippen LogP contribution is 2.25. The molecule has 32 heavy (non-hydrogen) atoms. The average molecular weight is 449 g/mol. The van der Waals surface area contributed by atoms with Gasteiger partial charge in [-0.2, -0.15) is 0 Å². The molecule has 3 aromatic heterocycles. The summed E-state index contributed by atoms with van der Waals surface area (Å²) in [6, 6.07) is 4.01. The Kier molecular flexibility index (Phi) is 6.73. The van der Waals surface area contributed by atoms with Crippen molar-refractivity contribution in [1.82, 2.24) is 14.3 Å². The Hall–Kier alpha value is -2.95. The number of fused-ring (bicyclic) bond motifs is 1. The minimum absolute atomic E-state index is 0.0851. The monoisotopic (exact) mass is 448 g/mol. The van der Waals surface area contributed by atoms with Gasteiger partial charge in [-0.05, 0) is 50.4 Å². The molecule has 1 aliphatic rings. The van der Waals surface area contributed by atoms with E-state index in [1.54, 1.807) is 24.5 Å². The number of Topliss-reactive ketones (excluding diaryl/α,β-unsaturated/α-hetero) is 2. The fraction of sp³-hybridized carbons (Fsp3) is 0.400. The number of aryl methyl sites for hydroxylation is 1. The molecule has 166 valence electrons. The molecule has 0 saturated carbocycles. The fourth-order valence-electron chi connectivity index (χ4n) is 4.07. The smallest absolute Gasteiger partial charge is 0.254 e. The maximum absolute atomic E-state index is 12.8. The molecule has 0 spiro atoms. The summed E-state index contributed by atoms with van der Waals surface area (Å²) in [6.45, 7) is 7.66. The first kappa shape index (κ1) is 22.3. The molecule has 1 saturated heterocycles. The lowest BCUT2D eigenvalue weighted by atomic mass is 10.0. The van der Waals surface area contributed by atoms with Gasteiger partial charge in [0.05, 0.1) is 11.9 Å². The normalized spacial score (nSPS) is 14.4. The van der Waals surface area contributed by atoms with E-state index in [4.69, 9.17) is 0 Å². The van der Waals surface area contributed by atoms with Crippen molar-refractivity contribution < 1.29 is 9.59 Å². The van der Waals surface area contributed by atoms with Gasteiger partial charge in [0, 0.05) is 54.6 Å². The number of hydrogen-bond donors (Lipinski definition) is 0. The van der Waals surface area contributed by atoms with Crippen LogP contribution in [-0.2, 0) is 12.8 Å². The van der Waals surface area contributed by atoms with E-state index in [0.717, 1.165) is 55.1 Å². The average Bonchev–Trinajstić information content (AvgIpc) is 3.40. The number of anilines is 1. The van der Waals surface area contributed by atoms with E-state index in [9.17, 15) is 9.59 Å². The van der Waals surface area contributed by atoms with Gasteiger partial charge in [-0.1, -0.05) is 12.8 Å². The van der Waals surface area contributed by atoms with Crippen molar-refractivity contribution in [2.75, 3.05) is 38.1 Å². The number of rotatable bonds is 6. The molecule has 4 rings (SSSR count). The van der Waals surface area contributed by atoms with E-state index >= 15 is 0 Å². The SMILES string of the molecule is CCc1scc(C(C)=O)c1CCC#CC(=O)c1cnc2ccc(N3CCN(C)CC3)cn12. The van der Waals surface area contributed by atoms with Crippen LogP contribution in [0.15, 0.2) is 29.9 Å². The summed E-state index contributed by atoms with van der Waals surface area (Å²) in [5.74, 6) is 5.64. The standard InChI is InChI=1S/C25H28N4O2S/c1-4-24-20(21(17-32-24)18(2)30)7-5-6-8-23(31)22-15-26-25-10-9-19(16-29(22)25)28-13-11-27(3)12-14-28/h9-10,15-17H,4-5,7,11-14H2,1-3H3.